The monoisotopic (exact) mass is 349 g/mol. The number of halogens is 1. The van der Waals surface area contributed by atoms with Crippen molar-refractivity contribution in [1.29, 1.82) is 0 Å². The van der Waals surface area contributed by atoms with Crippen molar-refractivity contribution in [2.45, 2.75) is 19.9 Å². The van der Waals surface area contributed by atoms with Crippen LogP contribution in [0.25, 0.3) is 0 Å². The van der Waals surface area contributed by atoms with Gasteiger partial charge in [0, 0.05) is 5.69 Å². The van der Waals surface area contributed by atoms with E-state index in [1.54, 1.807) is 13.8 Å². The summed E-state index contributed by atoms with van der Waals surface area (Å²) in [6.45, 7) is 3.94. The molecule has 3 amide bonds. The quantitative estimate of drug-likeness (QED) is 0.877. The van der Waals surface area contributed by atoms with Crippen molar-refractivity contribution >= 4 is 23.5 Å². The largest absolute Gasteiger partial charge is 0.447 e. The van der Waals surface area contributed by atoms with E-state index >= 15 is 0 Å². The maximum atomic E-state index is 14.0. The third-order valence-electron chi connectivity index (χ3n) is 3.53. The molecule has 0 spiro atoms. The average Bonchev–Trinajstić information content (AvgIpc) is 3.18. The summed E-state index contributed by atoms with van der Waals surface area (Å²) in [7, 11) is 0. The lowest BCUT2D eigenvalue weighted by molar-refractivity contribution is 0.181. The van der Waals surface area contributed by atoms with E-state index < -0.39 is 24.0 Å². The van der Waals surface area contributed by atoms with Crippen LogP contribution in [0.15, 0.2) is 22.7 Å². The van der Waals surface area contributed by atoms with E-state index in [0.29, 0.717) is 18.1 Å². The molecule has 2 heterocycles. The number of aromatic nitrogens is 2. The zero-order valence-electron chi connectivity index (χ0n) is 13.6. The number of amides is 3. The summed E-state index contributed by atoms with van der Waals surface area (Å²) in [5, 5.41) is 8.61. The Morgan fingerprint density at radius 1 is 1.44 bits per heavy atom. The SMILES string of the molecule is Cc1noc([C@@H](C)NC(=O)Nc2cc(N3CCOC3=O)ccc2F)n1. The summed E-state index contributed by atoms with van der Waals surface area (Å²) in [5.74, 6) is 0.0507. The summed E-state index contributed by atoms with van der Waals surface area (Å²) in [6, 6.07) is 2.77. The van der Waals surface area contributed by atoms with Crippen LogP contribution in [0.4, 0.5) is 25.4 Å². The molecule has 2 aromatic rings. The van der Waals surface area contributed by atoms with Gasteiger partial charge >= 0.3 is 12.1 Å². The van der Waals surface area contributed by atoms with Crippen LogP contribution >= 0.6 is 0 Å². The van der Waals surface area contributed by atoms with E-state index in [4.69, 9.17) is 9.26 Å². The van der Waals surface area contributed by atoms with Gasteiger partial charge in [0.25, 0.3) is 0 Å². The Labute approximate surface area is 142 Å². The lowest BCUT2D eigenvalue weighted by Crippen LogP contribution is -2.32. The number of rotatable bonds is 4. The molecule has 1 aromatic heterocycles. The zero-order valence-corrected chi connectivity index (χ0v) is 13.6. The van der Waals surface area contributed by atoms with Crippen LogP contribution in [0.3, 0.4) is 0 Å². The Balaban J connectivity index is 1.69. The second-order valence-electron chi connectivity index (χ2n) is 5.43. The topological polar surface area (TPSA) is 110 Å². The van der Waals surface area contributed by atoms with E-state index in [9.17, 15) is 14.0 Å². The first-order chi connectivity index (χ1) is 11.9. The molecule has 132 valence electrons. The fraction of sp³-hybridized carbons (Fsp3) is 0.333. The van der Waals surface area contributed by atoms with Gasteiger partial charge in [0.1, 0.15) is 18.5 Å². The summed E-state index contributed by atoms with van der Waals surface area (Å²) < 4.78 is 23.8. The Bertz CT molecular complexity index is 809. The third-order valence-corrected chi connectivity index (χ3v) is 3.53. The molecular weight excluding hydrogens is 333 g/mol. The van der Waals surface area contributed by atoms with Crippen LogP contribution in [0, 0.1) is 12.7 Å². The number of nitrogens with zero attached hydrogens (tertiary/aromatic N) is 3. The first-order valence-corrected chi connectivity index (χ1v) is 7.55. The summed E-state index contributed by atoms with van der Waals surface area (Å²) in [6.07, 6.45) is -0.512. The highest BCUT2D eigenvalue weighted by molar-refractivity contribution is 5.93. The van der Waals surface area contributed by atoms with Crippen molar-refractivity contribution in [2.75, 3.05) is 23.4 Å². The minimum absolute atomic E-state index is 0.0661. The maximum Gasteiger partial charge on any atom is 0.414 e. The number of anilines is 2. The highest BCUT2D eigenvalue weighted by Gasteiger charge is 2.24. The molecule has 0 bridgehead atoms. The van der Waals surface area contributed by atoms with Gasteiger partial charge in [-0.1, -0.05) is 5.16 Å². The third kappa shape index (κ3) is 3.67. The number of carbonyl (C=O) groups is 2. The molecule has 1 aromatic carbocycles. The number of aryl methyl sites for hydroxylation is 1. The molecule has 10 heteroatoms. The van der Waals surface area contributed by atoms with Crippen LogP contribution in [0.5, 0.6) is 0 Å². The molecule has 1 fully saturated rings. The molecule has 1 aliphatic heterocycles. The van der Waals surface area contributed by atoms with E-state index in [2.05, 4.69) is 20.8 Å². The highest BCUT2D eigenvalue weighted by atomic mass is 19.1. The normalized spacial score (nSPS) is 15.0. The van der Waals surface area contributed by atoms with Crippen LogP contribution < -0.4 is 15.5 Å². The number of urea groups is 1. The van der Waals surface area contributed by atoms with Gasteiger partial charge in [0.2, 0.25) is 5.89 Å². The zero-order chi connectivity index (χ0) is 18.0. The Kier molecular flexibility index (Phi) is 4.50. The summed E-state index contributed by atoms with van der Waals surface area (Å²) in [5.41, 5.74) is 0.364. The first-order valence-electron chi connectivity index (χ1n) is 7.55. The van der Waals surface area contributed by atoms with Crippen molar-refractivity contribution in [3.8, 4) is 0 Å². The first kappa shape index (κ1) is 16.7. The number of cyclic esters (lactones) is 1. The minimum Gasteiger partial charge on any atom is -0.447 e. The predicted molar refractivity (Wildman–Crippen MR) is 84.7 cm³/mol. The number of nitrogens with one attached hydrogen (secondary N) is 2. The molecule has 0 unspecified atom stereocenters. The number of ether oxygens (including phenoxy) is 1. The molecule has 0 saturated carbocycles. The molecule has 1 atom stereocenters. The maximum absolute atomic E-state index is 14.0. The van der Waals surface area contributed by atoms with Crippen LogP contribution in [0.2, 0.25) is 0 Å². The van der Waals surface area contributed by atoms with E-state index in [1.807, 2.05) is 0 Å². The molecule has 0 radical (unpaired) electrons. The number of hydrogen-bond donors (Lipinski definition) is 2. The average molecular weight is 349 g/mol. The molecule has 0 aliphatic carbocycles. The van der Waals surface area contributed by atoms with Gasteiger partial charge < -0.3 is 19.9 Å². The van der Waals surface area contributed by atoms with Crippen LogP contribution in [-0.2, 0) is 4.74 Å². The molecule has 1 saturated heterocycles. The van der Waals surface area contributed by atoms with Crippen molar-refractivity contribution < 1.29 is 23.2 Å². The minimum atomic E-state index is -0.650. The fourth-order valence-electron chi connectivity index (χ4n) is 2.31. The van der Waals surface area contributed by atoms with Crippen molar-refractivity contribution in [1.82, 2.24) is 15.5 Å². The fourth-order valence-corrected chi connectivity index (χ4v) is 2.31. The molecular formula is C15H16FN5O4. The summed E-state index contributed by atoms with van der Waals surface area (Å²) in [4.78, 5) is 29.0. The lowest BCUT2D eigenvalue weighted by Gasteiger charge is -2.16. The molecule has 3 rings (SSSR count). The van der Waals surface area contributed by atoms with Gasteiger partial charge in [-0.2, -0.15) is 4.98 Å². The van der Waals surface area contributed by atoms with Gasteiger partial charge in [-0.25, -0.2) is 14.0 Å². The van der Waals surface area contributed by atoms with Crippen LogP contribution in [0.1, 0.15) is 24.7 Å². The Hall–Kier alpha value is -3.17. The molecule has 1 aliphatic rings. The predicted octanol–water partition coefficient (Wildman–Crippen LogP) is 2.36. The second kappa shape index (κ2) is 6.75. The number of hydrogen-bond acceptors (Lipinski definition) is 6. The Morgan fingerprint density at radius 3 is 2.88 bits per heavy atom. The smallest absolute Gasteiger partial charge is 0.414 e. The second-order valence-corrected chi connectivity index (χ2v) is 5.43. The van der Waals surface area contributed by atoms with Crippen LogP contribution in [-0.4, -0.2) is 35.4 Å². The van der Waals surface area contributed by atoms with Gasteiger partial charge in [0.05, 0.1) is 12.2 Å². The van der Waals surface area contributed by atoms with Crippen molar-refractivity contribution in [3.63, 3.8) is 0 Å². The molecule has 2 N–H and O–H groups in total. The molecule has 9 nitrogen and oxygen atoms in total. The van der Waals surface area contributed by atoms with Gasteiger partial charge in [0.15, 0.2) is 5.82 Å². The van der Waals surface area contributed by atoms with E-state index in [-0.39, 0.29) is 18.2 Å². The lowest BCUT2D eigenvalue weighted by atomic mass is 10.2. The standard InChI is InChI=1S/C15H16FN5O4/c1-8(13-18-9(2)20-25-13)17-14(22)19-12-7-10(3-4-11(12)16)21-5-6-24-15(21)23/h3-4,7-8H,5-6H2,1-2H3,(H2,17,19,22)/t8-/m1/s1. The van der Waals surface area contributed by atoms with Gasteiger partial charge in [-0.3, -0.25) is 4.90 Å². The summed E-state index contributed by atoms with van der Waals surface area (Å²) >= 11 is 0. The van der Waals surface area contributed by atoms with Crippen molar-refractivity contribution in [2.24, 2.45) is 0 Å². The van der Waals surface area contributed by atoms with Gasteiger partial charge in [-0.05, 0) is 32.0 Å². The van der Waals surface area contributed by atoms with E-state index in [0.717, 1.165) is 0 Å². The number of benzene rings is 1. The van der Waals surface area contributed by atoms with Gasteiger partial charge in [-0.15, -0.1) is 0 Å². The molecule has 25 heavy (non-hydrogen) atoms. The van der Waals surface area contributed by atoms with Crippen molar-refractivity contribution in [3.05, 3.63) is 35.7 Å². The van der Waals surface area contributed by atoms with E-state index in [1.165, 1.54) is 23.1 Å². The Morgan fingerprint density at radius 2 is 2.24 bits per heavy atom. The highest BCUT2D eigenvalue weighted by Crippen LogP contribution is 2.25. The number of carbonyl (C=O) groups excluding carboxylic acids is 2.